The van der Waals surface area contributed by atoms with E-state index in [0.29, 0.717) is 9.81 Å². The molecule has 6 nitrogen and oxygen atoms in total. The second-order valence-corrected chi connectivity index (χ2v) is 10.4. The molecule has 2 fully saturated rings. The van der Waals surface area contributed by atoms with Gasteiger partial charge in [-0.1, -0.05) is 24.3 Å². The van der Waals surface area contributed by atoms with E-state index in [0.717, 1.165) is 73.3 Å². The van der Waals surface area contributed by atoms with E-state index in [-0.39, 0.29) is 11.8 Å². The maximum Gasteiger partial charge on any atom is 0.286 e. The first-order chi connectivity index (χ1) is 15.7. The van der Waals surface area contributed by atoms with Gasteiger partial charge in [0.05, 0.1) is 9.81 Å². The molecule has 1 aromatic rings. The summed E-state index contributed by atoms with van der Waals surface area (Å²) < 4.78 is 0. The summed E-state index contributed by atoms with van der Waals surface area (Å²) in [5.41, 5.74) is 1.91. The summed E-state index contributed by atoms with van der Waals surface area (Å²) in [6.45, 7) is 3.93. The maximum atomic E-state index is 12.4. The number of rotatable bonds is 2. The minimum absolute atomic E-state index is 0.155. The molecule has 0 aliphatic carbocycles. The molecule has 0 unspecified atom stereocenters. The number of hydrogen-bond donors (Lipinski definition) is 0. The van der Waals surface area contributed by atoms with Gasteiger partial charge in [0, 0.05) is 26.2 Å². The molecule has 0 saturated carbocycles. The Kier molecular flexibility index (Phi) is 6.50. The zero-order valence-electron chi connectivity index (χ0n) is 18.0. The molecule has 1 aromatic carbocycles. The summed E-state index contributed by atoms with van der Waals surface area (Å²) in [5, 5.41) is 1.67. The van der Waals surface area contributed by atoms with Gasteiger partial charge in [-0.2, -0.15) is 9.98 Å². The van der Waals surface area contributed by atoms with Gasteiger partial charge in [-0.25, -0.2) is 0 Å². The Bertz CT molecular complexity index is 948. The summed E-state index contributed by atoms with van der Waals surface area (Å²) in [6, 6.07) is 7.90. The molecule has 32 heavy (non-hydrogen) atoms. The molecular formula is C24H26N4O2S2. The topological polar surface area (TPSA) is 65.3 Å². The number of likely N-dealkylation sites (tertiary alicyclic amines) is 2. The zero-order valence-corrected chi connectivity index (χ0v) is 19.6. The molecule has 0 bridgehead atoms. The Hall–Kier alpha value is -2.32. The third kappa shape index (κ3) is 4.86. The maximum absolute atomic E-state index is 12.4. The van der Waals surface area contributed by atoms with Crippen LogP contribution in [0.1, 0.15) is 49.7 Å². The second kappa shape index (κ2) is 9.67. The van der Waals surface area contributed by atoms with Crippen molar-refractivity contribution in [1.82, 2.24) is 9.80 Å². The number of aliphatic imine (C=N–C) groups is 2. The van der Waals surface area contributed by atoms with Gasteiger partial charge in [0.15, 0.2) is 10.3 Å². The minimum Gasteiger partial charge on any atom is -0.351 e. The van der Waals surface area contributed by atoms with Crippen LogP contribution < -0.4 is 0 Å². The number of amidine groups is 2. The smallest absolute Gasteiger partial charge is 0.286 e. The van der Waals surface area contributed by atoms with E-state index in [9.17, 15) is 9.59 Å². The van der Waals surface area contributed by atoms with E-state index >= 15 is 0 Å². The second-order valence-electron chi connectivity index (χ2n) is 8.38. The first-order valence-corrected chi connectivity index (χ1v) is 12.9. The predicted octanol–water partition coefficient (Wildman–Crippen LogP) is 4.60. The number of carbonyl (C=O) groups excluding carboxylic acids is 2. The summed E-state index contributed by atoms with van der Waals surface area (Å²) in [5.74, 6) is -0.311. The number of benzene rings is 1. The van der Waals surface area contributed by atoms with E-state index in [4.69, 9.17) is 0 Å². The Morgan fingerprint density at radius 2 is 1.00 bits per heavy atom. The standard InChI is InChI=1S/C24H26N4O2S2/c29-21-19(31-23(25-21)27-11-3-1-4-12-27)15-17-7-9-18(10-8-17)16-20-22(30)26-24(32-20)28-13-5-2-6-14-28/h7-10,15-16H,1-6,11-14H2/b19-15+,20-16+. The molecule has 2 amide bonds. The monoisotopic (exact) mass is 466 g/mol. The van der Waals surface area contributed by atoms with Gasteiger partial charge >= 0.3 is 0 Å². The van der Waals surface area contributed by atoms with Crippen molar-refractivity contribution in [3.05, 3.63) is 45.2 Å². The molecule has 8 heteroatoms. The highest BCUT2D eigenvalue weighted by Crippen LogP contribution is 2.33. The van der Waals surface area contributed by atoms with Gasteiger partial charge in [-0.15, -0.1) is 0 Å². The molecule has 5 rings (SSSR count). The third-order valence-electron chi connectivity index (χ3n) is 6.00. The van der Waals surface area contributed by atoms with Crippen LogP contribution in [0.4, 0.5) is 0 Å². The molecule has 4 heterocycles. The molecule has 4 aliphatic rings. The Balaban J connectivity index is 1.23. The molecule has 0 atom stereocenters. The van der Waals surface area contributed by atoms with Crippen molar-refractivity contribution in [3.8, 4) is 0 Å². The van der Waals surface area contributed by atoms with Crippen LogP contribution in [0.3, 0.4) is 0 Å². The van der Waals surface area contributed by atoms with Crippen LogP contribution in [0, 0.1) is 0 Å². The lowest BCUT2D eigenvalue weighted by molar-refractivity contribution is -0.114. The summed E-state index contributed by atoms with van der Waals surface area (Å²) >= 11 is 2.94. The van der Waals surface area contributed by atoms with Crippen LogP contribution >= 0.6 is 23.5 Å². The molecule has 4 aliphatic heterocycles. The first-order valence-electron chi connectivity index (χ1n) is 11.3. The number of hydrogen-bond acceptors (Lipinski definition) is 6. The van der Waals surface area contributed by atoms with Gasteiger partial charge in [-0.3, -0.25) is 9.59 Å². The van der Waals surface area contributed by atoms with E-state index < -0.39 is 0 Å². The van der Waals surface area contributed by atoms with E-state index in [1.807, 2.05) is 36.4 Å². The first kappa shape index (κ1) is 21.5. The largest absolute Gasteiger partial charge is 0.351 e. The van der Waals surface area contributed by atoms with Gasteiger partial charge in [0.1, 0.15) is 0 Å². The van der Waals surface area contributed by atoms with Gasteiger partial charge < -0.3 is 9.80 Å². The van der Waals surface area contributed by atoms with Crippen molar-refractivity contribution >= 4 is 57.8 Å². The molecular weight excluding hydrogens is 440 g/mol. The van der Waals surface area contributed by atoms with Gasteiger partial charge in [0.2, 0.25) is 0 Å². The molecule has 2 saturated heterocycles. The average molecular weight is 467 g/mol. The van der Waals surface area contributed by atoms with Crippen LogP contribution in [0.15, 0.2) is 44.1 Å². The van der Waals surface area contributed by atoms with E-state index in [1.54, 1.807) is 0 Å². The van der Waals surface area contributed by atoms with Crippen molar-refractivity contribution in [2.45, 2.75) is 38.5 Å². The van der Waals surface area contributed by atoms with Crippen molar-refractivity contribution in [2.75, 3.05) is 26.2 Å². The fraction of sp³-hybridized carbons (Fsp3) is 0.417. The van der Waals surface area contributed by atoms with Gasteiger partial charge in [-0.05, 0) is 85.3 Å². The lowest BCUT2D eigenvalue weighted by atomic mass is 10.1. The minimum atomic E-state index is -0.155. The van der Waals surface area contributed by atoms with Crippen LogP contribution in [-0.2, 0) is 9.59 Å². The van der Waals surface area contributed by atoms with E-state index in [2.05, 4.69) is 19.8 Å². The van der Waals surface area contributed by atoms with Crippen molar-refractivity contribution in [1.29, 1.82) is 0 Å². The van der Waals surface area contributed by atoms with Crippen LogP contribution in [-0.4, -0.2) is 58.1 Å². The Morgan fingerprint density at radius 1 is 0.625 bits per heavy atom. The molecule has 0 spiro atoms. The number of amides is 2. The molecule has 0 aromatic heterocycles. The number of nitrogens with zero attached hydrogens (tertiary/aromatic N) is 4. The van der Waals surface area contributed by atoms with Crippen molar-refractivity contribution in [2.24, 2.45) is 9.98 Å². The molecule has 0 radical (unpaired) electrons. The fourth-order valence-electron chi connectivity index (χ4n) is 4.23. The average Bonchev–Trinajstić information content (AvgIpc) is 3.38. The van der Waals surface area contributed by atoms with Crippen molar-refractivity contribution < 1.29 is 9.59 Å². The molecule has 0 N–H and O–H groups in total. The SMILES string of the molecule is O=C1N=C(N2CCCCC2)S/C1=C/c1ccc(/C=C2/SC(N3CCCCC3)=NC2=O)cc1. The lowest BCUT2D eigenvalue weighted by Gasteiger charge is -2.27. The quantitative estimate of drug-likeness (QED) is 0.594. The van der Waals surface area contributed by atoms with Crippen molar-refractivity contribution in [3.63, 3.8) is 0 Å². The van der Waals surface area contributed by atoms with Crippen LogP contribution in [0.2, 0.25) is 0 Å². The lowest BCUT2D eigenvalue weighted by Crippen LogP contribution is -2.33. The fourth-order valence-corrected chi connectivity index (χ4v) is 6.16. The van der Waals surface area contributed by atoms with Crippen LogP contribution in [0.5, 0.6) is 0 Å². The number of piperidine rings is 2. The third-order valence-corrected chi connectivity index (χ3v) is 8.09. The highest BCUT2D eigenvalue weighted by molar-refractivity contribution is 8.18. The normalized spacial score (nSPS) is 24.5. The van der Waals surface area contributed by atoms with E-state index in [1.165, 1.54) is 36.4 Å². The van der Waals surface area contributed by atoms with Gasteiger partial charge in [0.25, 0.3) is 11.8 Å². The highest BCUT2D eigenvalue weighted by Gasteiger charge is 2.28. The highest BCUT2D eigenvalue weighted by atomic mass is 32.2. The Morgan fingerprint density at radius 3 is 1.38 bits per heavy atom. The predicted molar refractivity (Wildman–Crippen MR) is 133 cm³/mol. The van der Waals surface area contributed by atoms with Crippen LogP contribution in [0.25, 0.3) is 12.2 Å². The molecule has 166 valence electrons. The summed E-state index contributed by atoms with van der Waals surface area (Å²) in [4.78, 5) is 39.0. The summed E-state index contributed by atoms with van der Waals surface area (Å²) in [6.07, 6.45) is 11.0. The number of carbonyl (C=O) groups is 2. The summed E-state index contributed by atoms with van der Waals surface area (Å²) in [7, 11) is 0. The zero-order chi connectivity index (χ0) is 21.9. The number of thioether (sulfide) groups is 2. The Labute approximate surface area is 196 Å².